The van der Waals surface area contributed by atoms with Crippen molar-refractivity contribution in [2.75, 3.05) is 0 Å². The smallest absolute Gasteiger partial charge is 0.326 e. The SMILES string of the molecule is CC(N)C(=O)NC(Cc1ccc(O)cc1)C(=O)NC(C(=O)NC(C(=O)O)C(C)C)C(C)C. The number of carbonyl (C=O) groups excluding carboxylic acids is 3. The first-order valence-corrected chi connectivity index (χ1v) is 10.5. The number of hydrogen-bond donors (Lipinski definition) is 6. The molecule has 10 heteroatoms. The Labute approximate surface area is 187 Å². The molecule has 0 heterocycles. The lowest BCUT2D eigenvalue weighted by atomic mass is 9.99. The van der Waals surface area contributed by atoms with Gasteiger partial charge in [0.2, 0.25) is 17.7 Å². The van der Waals surface area contributed by atoms with Gasteiger partial charge in [0.1, 0.15) is 23.9 Å². The topological polar surface area (TPSA) is 171 Å². The second-order valence-electron chi connectivity index (χ2n) is 8.52. The maximum atomic E-state index is 13.0. The predicted molar refractivity (Wildman–Crippen MR) is 119 cm³/mol. The minimum absolute atomic E-state index is 0.0593. The van der Waals surface area contributed by atoms with Gasteiger partial charge in [0, 0.05) is 6.42 Å². The van der Waals surface area contributed by atoms with Crippen LogP contribution in [0, 0.1) is 11.8 Å². The van der Waals surface area contributed by atoms with E-state index in [0.717, 1.165) is 0 Å². The van der Waals surface area contributed by atoms with Gasteiger partial charge in [0.25, 0.3) is 0 Å². The summed E-state index contributed by atoms with van der Waals surface area (Å²) in [6.45, 7) is 8.24. The van der Waals surface area contributed by atoms with Crippen LogP contribution in [0.1, 0.15) is 40.2 Å². The molecule has 0 bridgehead atoms. The number of carbonyl (C=O) groups is 4. The average Bonchev–Trinajstić information content (AvgIpc) is 2.69. The molecule has 0 fully saturated rings. The molecule has 1 rings (SSSR count). The third kappa shape index (κ3) is 8.18. The Hall–Kier alpha value is -3.14. The Balaban J connectivity index is 3.06. The van der Waals surface area contributed by atoms with E-state index in [0.29, 0.717) is 5.56 Å². The number of aromatic hydroxyl groups is 1. The van der Waals surface area contributed by atoms with Crippen molar-refractivity contribution in [2.24, 2.45) is 17.6 Å². The molecular formula is C22H34N4O6. The van der Waals surface area contributed by atoms with Gasteiger partial charge in [-0.3, -0.25) is 14.4 Å². The number of nitrogens with one attached hydrogen (secondary N) is 3. The summed E-state index contributed by atoms with van der Waals surface area (Å²) in [7, 11) is 0. The number of nitrogens with two attached hydrogens (primary N) is 1. The fraction of sp³-hybridized carbons (Fsp3) is 0.545. The second-order valence-corrected chi connectivity index (χ2v) is 8.52. The highest BCUT2D eigenvalue weighted by atomic mass is 16.4. The fourth-order valence-corrected chi connectivity index (χ4v) is 2.93. The first-order valence-electron chi connectivity index (χ1n) is 10.5. The van der Waals surface area contributed by atoms with Gasteiger partial charge >= 0.3 is 5.97 Å². The molecule has 0 aliphatic heterocycles. The largest absolute Gasteiger partial charge is 0.508 e. The molecule has 7 N–H and O–H groups in total. The molecule has 4 atom stereocenters. The number of amides is 3. The zero-order valence-corrected chi connectivity index (χ0v) is 19.1. The lowest BCUT2D eigenvalue weighted by Gasteiger charge is -2.27. The molecule has 0 saturated carbocycles. The molecule has 0 aliphatic carbocycles. The standard InChI is InChI=1S/C22H34N4O6/c1-11(2)17(21(30)26-18(12(3)4)22(31)32)25-20(29)16(24-19(28)13(5)23)10-14-6-8-15(27)9-7-14/h6-9,11-13,16-18,27H,10,23H2,1-5H3,(H,24,28)(H,25,29)(H,26,30)(H,31,32). The van der Waals surface area contributed by atoms with Crippen molar-refractivity contribution in [3.05, 3.63) is 29.8 Å². The van der Waals surface area contributed by atoms with Gasteiger partial charge in [-0.05, 0) is 36.5 Å². The van der Waals surface area contributed by atoms with Crippen LogP contribution >= 0.6 is 0 Å². The monoisotopic (exact) mass is 450 g/mol. The van der Waals surface area contributed by atoms with Gasteiger partial charge in [-0.2, -0.15) is 0 Å². The molecule has 0 aliphatic rings. The number of aliphatic carboxylic acids is 1. The van der Waals surface area contributed by atoms with E-state index in [1.54, 1.807) is 39.8 Å². The summed E-state index contributed by atoms with van der Waals surface area (Å²) in [6, 6.07) is 2.13. The molecule has 0 saturated heterocycles. The number of benzene rings is 1. The maximum Gasteiger partial charge on any atom is 0.326 e. The van der Waals surface area contributed by atoms with Gasteiger partial charge in [-0.25, -0.2) is 4.79 Å². The van der Waals surface area contributed by atoms with Crippen LogP contribution in [0.2, 0.25) is 0 Å². The quantitative estimate of drug-likeness (QED) is 0.278. The molecule has 178 valence electrons. The Morgan fingerprint density at radius 3 is 1.75 bits per heavy atom. The van der Waals surface area contributed by atoms with E-state index in [4.69, 9.17) is 5.73 Å². The normalized spacial score (nSPS) is 14.9. The molecule has 4 unspecified atom stereocenters. The summed E-state index contributed by atoms with van der Waals surface area (Å²) in [5.41, 5.74) is 6.28. The zero-order valence-electron chi connectivity index (χ0n) is 19.1. The second kappa shape index (κ2) is 12.0. The van der Waals surface area contributed by atoms with Gasteiger partial charge < -0.3 is 31.9 Å². The Kier molecular flexibility index (Phi) is 10.1. The summed E-state index contributed by atoms with van der Waals surface area (Å²) in [6.07, 6.45) is 0.0980. The number of rotatable bonds is 11. The van der Waals surface area contributed by atoms with Crippen LogP contribution in [0.25, 0.3) is 0 Å². The Morgan fingerprint density at radius 1 is 0.812 bits per heavy atom. The Bertz CT molecular complexity index is 807. The third-order valence-electron chi connectivity index (χ3n) is 4.90. The van der Waals surface area contributed by atoms with Crippen molar-refractivity contribution in [1.82, 2.24) is 16.0 Å². The molecule has 0 radical (unpaired) electrons. The lowest BCUT2D eigenvalue weighted by molar-refractivity contribution is -0.143. The Morgan fingerprint density at radius 2 is 1.31 bits per heavy atom. The van der Waals surface area contributed by atoms with E-state index in [9.17, 15) is 29.4 Å². The van der Waals surface area contributed by atoms with Gasteiger partial charge in [0.15, 0.2) is 0 Å². The number of phenols is 1. The number of carboxylic acid groups (broad SMARTS) is 1. The molecule has 1 aromatic rings. The maximum absolute atomic E-state index is 13.0. The van der Waals surface area contributed by atoms with Crippen LogP contribution in [-0.4, -0.2) is 58.1 Å². The predicted octanol–water partition coefficient (Wildman–Crippen LogP) is 0.133. The van der Waals surface area contributed by atoms with Gasteiger partial charge in [-0.15, -0.1) is 0 Å². The minimum Gasteiger partial charge on any atom is -0.508 e. The first-order chi connectivity index (χ1) is 14.8. The summed E-state index contributed by atoms with van der Waals surface area (Å²) < 4.78 is 0. The summed E-state index contributed by atoms with van der Waals surface area (Å²) in [4.78, 5) is 49.4. The van der Waals surface area contributed by atoms with Crippen molar-refractivity contribution in [3.63, 3.8) is 0 Å². The van der Waals surface area contributed by atoms with Crippen LogP contribution in [0.15, 0.2) is 24.3 Å². The number of phenolic OH excluding ortho intramolecular Hbond substituents is 1. The highest BCUT2D eigenvalue weighted by Gasteiger charge is 2.32. The van der Waals surface area contributed by atoms with Crippen LogP contribution in [0.4, 0.5) is 0 Å². The van der Waals surface area contributed by atoms with Crippen LogP contribution in [-0.2, 0) is 25.6 Å². The summed E-state index contributed by atoms with van der Waals surface area (Å²) in [5.74, 6) is -3.60. The summed E-state index contributed by atoms with van der Waals surface area (Å²) in [5, 5.41) is 26.5. The summed E-state index contributed by atoms with van der Waals surface area (Å²) >= 11 is 0. The highest BCUT2D eigenvalue weighted by Crippen LogP contribution is 2.12. The molecule has 1 aromatic carbocycles. The zero-order chi connectivity index (χ0) is 24.6. The van der Waals surface area contributed by atoms with Crippen molar-refractivity contribution < 1.29 is 29.4 Å². The van der Waals surface area contributed by atoms with Crippen LogP contribution < -0.4 is 21.7 Å². The number of hydrogen-bond acceptors (Lipinski definition) is 6. The van der Waals surface area contributed by atoms with E-state index in [1.165, 1.54) is 19.1 Å². The van der Waals surface area contributed by atoms with E-state index in [2.05, 4.69) is 16.0 Å². The molecule has 32 heavy (non-hydrogen) atoms. The van der Waals surface area contributed by atoms with E-state index < -0.39 is 47.9 Å². The van der Waals surface area contributed by atoms with E-state index in [1.807, 2.05) is 0 Å². The van der Waals surface area contributed by atoms with Crippen LogP contribution in [0.3, 0.4) is 0 Å². The fourth-order valence-electron chi connectivity index (χ4n) is 2.93. The van der Waals surface area contributed by atoms with E-state index >= 15 is 0 Å². The third-order valence-corrected chi connectivity index (χ3v) is 4.90. The molecule has 10 nitrogen and oxygen atoms in total. The molecule has 3 amide bonds. The van der Waals surface area contributed by atoms with Crippen molar-refractivity contribution in [3.8, 4) is 5.75 Å². The average molecular weight is 451 g/mol. The highest BCUT2D eigenvalue weighted by molar-refractivity contribution is 5.94. The molecular weight excluding hydrogens is 416 g/mol. The van der Waals surface area contributed by atoms with E-state index in [-0.39, 0.29) is 24.0 Å². The lowest BCUT2D eigenvalue weighted by Crippen LogP contribution is -2.59. The van der Waals surface area contributed by atoms with Gasteiger partial charge in [-0.1, -0.05) is 39.8 Å². The van der Waals surface area contributed by atoms with Crippen molar-refractivity contribution in [1.29, 1.82) is 0 Å². The molecule has 0 aromatic heterocycles. The first kappa shape index (κ1) is 26.9. The molecule has 0 spiro atoms. The van der Waals surface area contributed by atoms with Gasteiger partial charge in [0.05, 0.1) is 6.04 Å². The van der Waals surface area contributed by atoms with Crippen molar-refractivity contribution >= 4 is 23.7 Å². The van der Waals surface area contributed by atoms with Crippen LogP contribution in [0.5, 0.6) is 5.75 Å². The number of carboxylic acids is 1. The van der Waals surface area contributed by atoms with Crippen molar-refractivity contribution in [2.45, 2.75) is 65.2 Å². The minimum atomic E-state index is -1.17.